The van der Waals surface area contributed by atoms with Crippen molar-refractivity contribution in [2.75, 3.05) is 39.6 Å². The number of hydrogen-bond acceptors (Lipinski definition) is 4. The molecule has 1 unspecified atom stereocenters. The van der Waals surface area contributed by atoms with Gasteiger partial charge in [-0.3, -0.25) is 4.90 Å². The van der Waals surface area contributed by atoms with Crippen molar-refractivity contribution in [3.8, 4) is 0 Å². The van der Waals surface area contributed by atoms with E-state index in [-0.39, 0.29) is 0 Å². The smallest absolute Gasteiger partial charge is 0.147 e. The van der Waals surface area contributed by atoms with Crippen molar-refractivity contribution in [2.45, 2.75) is 31.4 Å². The van der Waals surface area contributed by atoms with E-state index in [1.807, 2.05) is 0 Å². The molecule has 3 rings (SSSR count). The zero-order chi connectivity index (χ0) is 10.8. The number of ether oxygens (including phenoxy) is 2. The Morgan fingerprint density at radius 1 is 1.25 bits per heavy atom. The highest BCUT2D eigenvalue weighted by molar-refractivity contribution is 4.92. The molecular formula is C12H22N2O2. The van der Waals surface area contributed by atoms with Crippen molar-refractivity contribution in [1.29, 1.82) is 0 Å². The predicted octanol–water partition coefficient (Wildman–Crippen LogP) is 0.433. The molecule has 0 saturated carbocycles. The van der Waals surface area contributed by atoms with E-state index in [0.29, 0.717) is 12.9 Å². The Morgan fingerprint density at radius 3 is 3.06 bits per heavy atom. The Labute approximate surface area is 97.3 Å². The van der Waals surface area contributed by atoms with Crippen molar-refractivity contribution < 1.29 is 9.47 Å². The molecule has 4 nitrogen and oxygen atoms in total. The second kappa shape index (κ2) is 5.00. The number of rotatable bonds is 2. The van der Waals surface area contributed by atoms with Gasteiger partial charge in [-0.25, -0.2) is 0 Å². The summed E-state index contributed by atoms with van der Waals surface area (Å²) in [4.78, 5) is 2.57. The zero-order valence-corrected chi connectivity index (χ0v) is 9.86. The van der Waals surface area contributed by atoms with Crippen LogP contribution in [-0.2, 0) is 9.47 Å². The van der Waals surface area contributed by atoms with Crippen LogP contribution in [0.2, 0.25) is 0 Å². The molecule has 0 spiro atoms. The molecule has 1 N–H and O–H groups in total. The third-order valence-corrected chi connectivity index (χ3v) is 4.11. The second-order valence-electron chi connectivity index (χ2n) is 5.28. The number of hydrogen-bond donors (Lipinski definition) is 1. The lowest BCUT2D eigenvalue weighted by molar-refractivity contribution is -0.143. The largest absolute Gasteiger partial charge is 0.355 e. The molecule has 0 aromatic rings. The van der Waals surface area contributed by atoms with Gasteiger partial charge in [0.25, 0.3) is 0 Å². The number of likely N-dealkylation sites (tertiary alicyclic amines) is 1. The van der Waals surface area contributed by atoms with Gasteiger partial charge in [0.2, 0.25) is 0 Å². The van der Waals surface area contributed by atoms with Crippen LogP contribution >= 0.6 is 0 Å². The Bertz CT molecular complexity index is 217. The minimum absolute atomic E-state index is 0.397. The first kappa shape index (κ1) is 11.0. The van der Waals surface area contributed by atoms with E-state index in [1.165, 1.54) is 32.5 Å². The first-order chi connectivity index (χ1) is 7.92. The summed E-state index contributed by atoms with van der Waals surface area (Å²) in [7, 11) is 0. The topological polar surface area (TPSA) is 33.7 Å². The Morgan fingerprint density at radius 2 is 2.25 bits per heavy atom. The van der Waals surface area contributed by atoms with Gasteiger partial charge in [-0.2, -0.15) is 0 Å². The normalized spacial score (nSPS) is 40.9. The highest BCUT2D eigenvalue weighted by atomic mass is 16.7. The first-order valence-corrected chi connectivity index (χ1v) is 6.57. The first-order valence-electron chi connectivity index (χ1n) is 6.57. The van der Waals surface area contributed by atoms with Gasteiger partial charge in [-0.05, 0) is 31.7 Å². The van der Waals surface area contributed by atoms with Crippen molar-refractivity contribution in [1.82, 2.24) is 10.2 Å². The summed E-state index contributed by atoms with van der Waals surface area (Å²) in [6.45, 7) is 6.14. The highest BCUT2D eigenvalue weighted by Crippen LogP contribution is 2.25. The molecule has 0 aromatic heterocycles. The lowest BCUT2D eigenvalue weighted by atomic mass is 9.94. The van der Waals surface area contributed by atoms with E-state index in [0.717, 1.165) is 31.5 Å². The number of nitrogens with zero attached hydrogens (tertiary/aromatic N) is 1. The highest BCUT2D eigenvalue weighted by Gasteiger charge is 2.35. The fraction of sp³-hybridized carbons (Fsp3) is 1.00. The maximum atomic E-state index is 5.61. The minimum Gasteiger partial charge on any atom is -0.355 e. The number of fused-ring (bicyclic) bond motifs is 1. The molecule has 3 fully saturated rings. The molecular weight excluding hydrogens is 204 g/mol. The lowest BCUT2D eigenvalue weighted by Crippen LogP contribution is -2.41. The molecule has 0 radical (unpaired) electrons. The van der Waals surface area contributed by atoms with Crippen molar-refractivity contribution in [2.24, 2.45) is 5.92 Å². The lowest BCUT2D eigenvalue weighted by Gasteiger charge is -2.27. The fourth-order valence-corrected chi connectivity index (χ4v) is 3.22. The van der Waals surface area contributed by atoms with Crippen LogP contribution in [0.15, 0.2) is 0 Å². The second-order valence-corrected chi connectivity index (χ2v) is 5.28. The predicted molar refractivity (Wildman–Crippen MR) is 61.3 cm³/mol. The van der Waals surface area contributed by atoms with E-state index in [2.05, 4.69) is 10.2 Å². The maximum absolute atomic E-state index is 5.61. The third-order valence-electron chi connectivity index (χ3n) is 4.11. The van der Waals surface area contributed by atoms with Crippen LogP contribution in [0.4, 0.5) is 0 Å². The van der Waals surface area contributed by atoms with Gasteiger partial charge in [-0.1, -0.05) is 0 Å². The molecule has 16 heavy (non-hydrogen) atoms. The van der Waals surface area contributed by atoms with E-state index in [4.69, 9.17) is 9.47 Å². The standard InChI is InChI=1S/C12H22N2O2/c1-2-10-6-14(8-12(10)13-4-1)7-11-3-5-15-9-16-11/h10-13H,1-9H2/t10-,11?,12+/m0/s1. The third kappa shape index (κ3) is 2.40. The molecule has 3 aliphatic heterocycles. The minimum atomic E-state index is 0.397. The van der Waals surface area contributed by atoms with Crippen LogP contribution in [0.5, 0.6) is 0 Å². The molecule has 0 amide bonds. The quantitative estimate of drug-likeness (QED) is 0.740. The molecule has 0 aliphatic carbocycles. The Kier molecular flexibility index (Phi) is 3.43. The summed E-state index contributed by atoms with van der Waals surface area (Å²) < 4.78 is 10.8. The molecule has 3 heterocycles. The molecule has 0 aromatic carbocycles. The fourth-order valence-electron chi connectivity index (χ4n) is 3.22. The van der Waals surface area contributed by atoms with Gasteiger partial charge < -0.3 is 14.8 Å². The van der Waals surface area contributed by atoms with Gasteiger partial charge >= 0.3 is 0 Å². The SMILES string of the molecule is C1CN[C@@H]2CN(CC3CCOCO3)C[C@@H]2C1. The monoisotopic (exact) mass is 226 g/mol. The van der Waals surface area contributed by atoms with Crippen LogP contribution < -0.4 is 5.32 Å². The average Bonchev–Trinajstić information content (AvgIpc) is 2.72. The van der Waals surface area contributed by atoms with Gasteiger partial charge in [0.05, 0.1) is 12.7 Å². The molecule has 3 atom stereocenters. The van der Waals surface area contributed by atoms with Gasteiger partial charge in [-0.15, -0.1) is 0 Å². The summed E-state index contributed by atoms with van der Waals surface area (Å²) in [5, 5.41) is 3.64. The summed E-state index contributed by atoms with van der Waals surface area (Å²) >= 11 is 0. The van der Waals surface area contributed by atoms with E-state index < -0.39 is 0 Å². The van der Waals surface area contributed by atoms with Crippen LogP contribution in [-0.4, -0.2) is 56.6 Å². The van der Waals surface area contributed by atoms with Crippen molar-refractivity contribution >= 4 is 0 Å². The average molecular weight is 226 g/mol. The zero-order valence-electron chi connectivity index (χ0n) is 9.86. The van der Waals surface area contributed by atoms with Crippen molar-refractivity contribution in [3.63, 3.8) is 0 Å². The van der Waals surface area contributed by atoms with E-state index in [9.17, 15) is 0 Å². The van der Waals surface area contributed by atoms with Crippen LogP contribution in [0, 0.1) is 5.92 Å². The number of nitrogens with one attached hydrogen (secondary N) is 1. The van der Waals surface area contributed by atoms with Gasteiger partial charge in [0.15, 0.2) is 0 Å². The van der Waals surface area contributed by atoms with E-state index in [1.54, 1.807) is 0 Å². The molecule has 0 bridgehead atoms. The summed E-state index contributed by atoms with van der Waals surface area (Å²) in [5.74, 6) is 0.883. The Balaban J connectivity index is 1.49. The summed E-state index contributed by atoms with van der Waals surface area (Å²) in [6.07, 6.45) is 4.21. The molecule has 4 heteroatoms. The molecule has 3 aliphatic rings. The van der Waals surface area contributed by atoms with Crippen LogP contribution in [0.1, 0.15) is 19.3 Å². The van der Waals surface area contributed by atoms with Crippen molar-refractivity contribution in [3.05, 3.63) is 0 Å². The van der Waals surface area contributed by atoms with Crippen LogP contribution in [0.3, 0.4) is 0 Å². The van der Waals surface area contributed by atoms with Crippen LogP contribution in [0.25, 0.3) is 0 Å². The summed E-state index contributed by atoms with van der Waals surface area (Å²) in [6, 6.07) is 0.744. The van der Waals surface area contributed by atoms with E-state index >= 15 is 0 Å². The maximum Gasteiger partial charge on any atom is 0.147 e. The van der Waals surface area contributed by atoms with Gasteiger partial charge in [0.1, 0.15) is 6.79 Å². The number of piperidine rings is 1. The summed E-state index contributed by atoms with van der Waals surface area (Å²) in [5.41, 5.74) is 0. The van der Waals surface area contributed by atoms with Gasteiger partial charge in [0, 0.05) is 25.7 Å². The molecule has 3 saturated heterocycles. The molecule has 92 valence electrons. The Hall–Kier alpha value is -0.160.